The van der Waals surface area contributed by atoms with E-state index in [2.05, 4.69) is 5.32 Å². The molecule has 1 saturated heterocycles. The molecule has 2 aliphatic heterocycles. The van der Waals surface area contributed by atoms with Crippen molar-refractivity contribution in [3.05, 3.63) is 29.8 Å². The molecule has 0 spiro atoms. The third-order valence-electron chi connectivity index (χ3n) is 4.62. The molecule has 2 amide bonds. The van der Waals surface area contributed by atoms with Gasteiger partial charge in [0.2, 0.25) is 21.8 Å². The highest BCUT2D eigenvalue weighted by Gasteiger charge is 2.31. The van der Waals surface area contributed by atoms with Crippen molar-refractivity contribution in [3.63, 3.8) is 0 Å². The van der Waals surface area contributed by atoms with Gasteiger partial charge in [-0.1, -0.05) is 18.2 Å². The summed E-state index contributed by atoms with van der Waals surface area (Å²) in [4.78, 5) is 26.1. The first kappa shape index (κ1) is 16.9. The van der Waals surface area contributed by atoms with Crippen molar-refractivity contribution in [1.82, 2.24) is 9.21 Å². The Labute approximate surface area is 141 Å². The second kappa shape index (κ2) is 6.52. The molecule has 3 rings (SSSR count). The fraction of sp³-hybridized carbons (Fsp3) is 0.500. The minimum atomic E-state index is -3.20. The van der Waals surface area contributed by atoms with Gasteiger partial charge in [-0.15, -0.1) is 0 Å². The van der Waals surface area contributed by atoms with Gasteiger partial charge < -0.3 is 10.2 Å². The Balaban J connectivity index is 1.55. The Morgan fingerprint density at radius 2 is 1.88 bits per heavy atom. The van der Waals surface area contributed by atoms with Crippen LogP contribution in [0.3, 0.4) is 0 Å². The maximum atomic E-state index is 12.4. The van der Waals surface area contributed by atoms with Crippen molar-refractivity contribution < 1.29 is 18.0 Å². The molecule has 1 aromatic rings. The first-order valence-corrected chi connectivity index (χ1v) is 9.84. The van der Waals surface area contributed by atoms with E-state index in [1.54, 1.807) is 4.90 Å². The zero-order chi connectivity index (χ0) is 17.3. The largest absolute Gasteiger partial charge is 0.340 e. The topological polar surface area (TPSA) is 86.8 Å². The summed E-state index contributed by atoms with van der Waals surface area (Å²) < 4.78 is 24.4. The fourth-order valence-electron chi connectivity index (χ4n) is 3.26. The molecule has 0 bridgehead atoms. The zero-order valence-electron chi connectivity index (χ0n) is 13.6. The van der Waals surface area contributed by atoms with Gasteiger partial charge >= 0.3 is 0 Å². The van der Waals surface area contributed by atoms with Crippen molar-refractivity contribution in [2.75, 3.05) is 37.8 Å². The van der Waals surface area contributed by atoms with Crippen LogP contribution in [0, 0.1) is 0 Å². The van der Waals surface area contributed by atoms with Crippen LogP contribution in [0.1, 0.15) is 24.3 Å². The van der Waals surface area contributed by atoms with Gasteiger partial charge in [-0.2, -0.15) is 4.31 Å². The lowest BCUT2D eigenvalue weighted by molar-refractivity contribution is -0.132. The highest BCUT2D eigenvalue weighted by Crippen LogP contribution is 2.35. The summed E-state index contributed by atoms with van der Waals surface area (Å²) in [5.41, 5.74) is 1.76. The first-order chi connectivity index (χ1) is 11.4. The van der Waals surface area contributed by atoms with Gasteiger partial charge in [0, 0.05) is 38.3 Å². The number of para-hydroxylation sites is 1. The van der Waals surface area contributed by atoms with Crippen LogP contribution in [0.2, 0.25) is 0 Å². The van der Waals surface area contributed by atoms with Crippen LogP contribution in [0.5, 0.6) is 0 Å². The van der Waals surface area contributed by atoms with Crippen molar-refractivity contribution in [3.8, 4) is 0 Å². The number of rotatable bonds is 4. The van der Waals surface area contributed by atoms with E-state index in [0.717, 1.165) is 11.3 Å². The summed E-state index contributed by atoms with van der Waals surface area (Å²) in [6, 6.07) is 7.53. The lowest BCUT2D eigenvalue weighted by atomic mass is 9.95. The van der Waals surface area contributed by atoms with Gasteiger partial charge in [0.05, 0.1) is 12.2 Å². The van der Waals surface area contributed by atoms with Crippen molar-refractivity contribution >= 4 is 27.5 Å². The lowest BCUT2D eigenvalue weighted by Crippen LogP contribution is -2.50. The zero-order valence-corrected chi connectivity index (χ0v) is 14.4. The molecule has 2 aliphatic rings. The number of amides is 2. The summed E-state index contributed by atoms with van der Waals surface area (Å²) in [6.07, 6.45) is 1.93. The highest BCUT2D eigenvalue weighted by atomic mass is 32.2. The second-order valence-corrected chi connectivity index (χ2v) is 8.19. The number of benzene rings is 1. The fourth-order valence-corrected chi connectivity index (χ4v) is 4.08. The molecule has 24 heavy (non-hydrogen) atoms. The van der Waals surface area contributed by atoms with Crippen LogP contribution in [0.4, 0.5) is 5.69 Å². The maximum Gasteiger partial charge on any atom is 0.232 e. The van der Waals surface area contributed by atoms with Gasteiger partial charge in [0.25, 0.3) is 0 Å². The van der Waals surface area contributed by atoms with Crippen LogP contribution >= 0.6 is 0 Å². The predicted octanol–water partition coefficient (Wildman–Crippen LogP) is 0.606. The SMILES string of the molecule is CS(=O)(=O)N1CCN(C(=O)CCC2C(=O)Nc3ccccc32)CC1. The molecule has 0 aliphatic carbocycles. The predicted molar refractivity (Wildman–Crippen MR) is 90.0 cm³/mol. The molecule has 7 nitrogen and oxygen atoms in total. The number of sulfonamides is 1. The number of carbonyl (C=O) groups is 2. The molecule has 8 heteroatoms. The normalized spacial score (nSPS) is 21.5. The van der Waals surface area contributed by atoms with Gasteiger partial charge in [-0.05, 0) is 18.1 Å². The van der Waals surface area contributed by atoms with E-state index in [1.165, 1.54) is 10.6 Å². The molecule has 1 atom stereocenters. The van der Waals surface area contributed by atoms with E-state index < -0.39 is 10.0 Å². The van der Waals surface area contributed by atoms with E-state index in [-0.39, 0.29) is 24.2 Å². The monoisotopic (exact) mass is 351 g/mol. The molecule has 130 valence electrons. The van der Waals surface area contributed by atoms with Crippen LogP contribution < -0.4 is 5.32 Å². The molecule has 1 fully saturated rings. The molecule has 0 aromatic heterocycles. The quantitative estimate of drug-likeness (QED) is 0.861. The second-order valence-electron chi connectivity index (χ2n) is 6.21. The molecular formula is C16H21N3O4S. The number of fused-ring (bicyclic) bond motifs is 1. The number of anilines is 1. The van der Waals surface area contributed by atoms with Crippen LogP contribution in [-0.4, -0.2) is 61.9 Å². The molecule has 2 heterocycles. The number of nitrogens with one attached hydrogen (secondary N) is 1. The first-order valence-electron chi connectivity index (χ1n) is 7.99. The standard InChI is InChI=1S/C16H21N3O4S/c1-24(22,23)19-10-8-18(9-11-19)15(20)7-6-13-12-4-2-3-5-14(12)17-16(13)21/h2-5,13H,6-11H2,1H3,(H,17,21). The van der Waals surface area contributed by atoms with Gasteiger partial charge in [-0.3, -0.25) is 9.59 Å². The average Bonchev–Trinajstić information content (AvgIpc) is 2.87. The summed E-state index contributed by atoms with van der Waals surface area (Å²) in [6.45, 7) is 1.47. The average molecular weight is 351 g/mol. The summed E-state index contributed by atoms with van der Waals surface area (Å²) in [5, 5.41) is 2.84. The summed E-state index contributed by atoms with van der Waals surface area (Å²) in [5.74, 6) is -0.381. The van der Waals surface area contributed by atoms with Crippen LogP contribution in [0.25, 0.3) is 0 Å². The Morgan fingerprint density at radius 3 is 2.54 bits per heavy atom. The van der Waals surface area contributed by atoms with Gasteiger partial charge in [0.1, 0.15) is 0 Å². The number of hydrogen-bond donors (Lipinski definition) is 1. The minimum Gasteiger partial charge on any atom is -0.340 e. The van der Waals surface area contributed by atoms with E-state index >= 15 is 0 Å². The Bertz CT molecular complexity index is 754. The molecule has 0 radical (unpaired) electrons. The maximum absolute atomic E-state index is 12.4. The number of piperazine rings is 1. The molecular weight excluding hydrogens is 330 g/mol. The Morgan fingerprint density at radius 1 is 1.21 bits per heavy atom. The van der Waals surface area contributed by atoms with Crippen LogP contribution in [0.15, 0.2) is 24.3 Å². The molecule has 1 unspecified atom stereocenters. The van der Waals surface area contributed by atoms with E-state index in [9.17, 15) is 18.0 Å². The number of nitrogens with zero attached hydrogens (tertiary/aromatic N) is 2. The Kier molecular flexibility index (Phi) is 4.60. The number of carbonyl (C=O) groups excluding carboxylic acids is 2. The summed E-state index contributed by atoms with van der Waals surface area (Å²) in [7, 11) is -3.20. The van der Waals surface area contributed by atoms with E-state index in [1.807, 2.05) is 24.3 Å². The van der Waals surface area contributed by atoms with Gasteiger partial charge in [-0.25, -0.2) is 8.42 Å². The van der Waals surface area contributed by atoms with Crippen molar-refractivity contribution in [1.29, 1.82) is 0 Å². The van der Waals surface area contributed by atoms with E-state index in [0.29, 0.717) is 32.6 Å². The summed E-state index contributed by atoms with van der Waals surface area (Å²) >= 11 is 0. The molecule has 0 saturated carbocycles. The number of hydrogen-bond acceptors (Lipinski definition) is 4. The van der Waals surface area contributed by atoms with Crippen molar-refractivity contribution in [2.45, 2.75) is 18.8 Å². The third-order valence-corrected chi connectivity index (χ3v) is 5.92. The highest BCUT2D eigenvalue weighted by molar-refractivity contribution is 7.88. The molecule has 1 aromatic carbocycles. The Hall–Kier alpha value is -1.93. The minimum absolute atomic E-state index is 0.0275. The van der Waals surface area contributed by atoms with Gasteiger partial charge in [0.15, 0.2) is 0 Å². The van der Waals surface area contributed by atoms with Crippen LogP contribution in [-0.2, 0) is 19.6 Å². The van der Waals surface area contributed by atoms with E-state index in [4.69, 9.17) is 0 Å². The van der Waals surface area contributed by atoms with Crippen molar-refractivity contribution in [2.24, 2.45) is 0 Å². The third kappa shape index (κ3) is 3.44. The molecule has 1 N–H and O–H groups in total. The smallest absolute Gasteiger partial charge is 0.232 e. The lowest BCUT2D eigenvalue weighted by Gasteiger charge is -2.33.